The molecule has 86 valence electrons. The van der Waals surface area contributed by atoms with Gasteiger partial charge in [-0.3, -0.25) is 9.48 Å². The molecule has 1 amide bonds. The summed E-state index contributed by atoms with van der Waals surface area (Å²) in [7, 11) is 1.85. The van der Waals surface area contributed by atoms with Crippen LogP contribution in [0.25, 0.3) is 0 Å². The van der Waals surface area contributed by atoms with Crippen LogP contribution in [-0.2, 0) is 11.8 Å². The highest BCUT2D eigenvalue weighted by atomic mass is 16.2. The van der Waals surface area contributed by atoms with Gasteiger partial charge in [-0.1, -0.05) is 13.8 Å². The number of amides is 1. The molecular weight excluding hydrogens is 204 g/mol. The topological polar surface area (TPSA) is 50.5 Å². The molecule has 5 heteroatoms. The standard InChI is InChI=1S/C11H16N4O/c1-8(2)7-15-11(16)6-9(13-15)10-4-5-12-14(10)3/h4-5,8H,6-7H2,1-3H3. The normalized spacial score (nSPS) is 16.1. The zero-order valence-corrected chi connectivity index (χ0v) is 9.84. The van der Waals surface area contributed by atoms with Gasteiger partial charge in [-0.25, -0.2) is 5.01 Å². The van der Waals surface area contributed by atoms with Crippen molar-refractivity contribution < 1.29 is 4.79 Å². The van der Waals surface area contributed by atoms with Gasteiger partial charge in [0.2, 0.25) is 5.91 Å². The summed E-state index contributed by atoms with van der Waals surface area (Å²) in [6.45, 7) is 4.83. The molecule has 0 saturated carbocycles. The first-order chi connectivity index (χ1) is 7.58. The minimum atomic E-state index is 0.0740. The van der Waals surface area contributed by atoms with E-state index in [1.165, 1.54) is 0 Å². The molecule has 0 radical (unpaired) electrons. The first kappa shape index (κ1) is 10.9. The number of hydrazone groups is 1. The molecule has 1 aromatic rings. The van der Waals surface area contributed by atoms with Crippen molar-refractivity contribution in [2.24, 2.45) is 18.1 Å². The van der Waals surface area contributed by atoms with Crippen molar-refractivity contribution in [1.82, 2.24) is 14.8 Å². The van der Waals surface area contributed by atoms with Gasteiger partial charge in [-0.05, 0) is 12.0 Å². The molecule has 0 atom stereocenters. The molecule has 16 heavy (non-hydrogen) atoms. The second-order valence-electron chi connectivity index (χ2n) is 4.43. The third-order valence-corrected chi connectivity index (χ3v) is 2.50. The maximum absolute atomic E-state index is 11.7. The monoisotopic (exact) mass is 220 g/mol. The molecule has 0 spiro atoms. The predicted octanol–water partition coefficient (Wildman–Crippen LogP) is 1.01. The number of rotatable bonds is 3. The Hall–Kier alpha value is -1.65. The summed E-state index contributed by atoms with van der Waals surface area (Å²) >= 11 is 0. The Morgan fingerprint density at radius 3 is 2.81 bits per heavy atom. The van der Waals surface area contributed by atoms with E-state index >= 15 is 0 Å². The van der Waals surface area contributed by atoms with E-state index in [-0.39, 0.29) is 5.91 Å². The Labute approximate surface area is 94.7 Å². The quantitative estimate of drug-likeness (QED) is 0.763. The van der Waals surface area contributed by atoms with E-state index in [0.717, 1.165) is 11.4 Å². The largest absolute Gasteiger partial charge is 0.273 e. The van der Waals surface area contributed by atoms with Crippen LogP contribution in [0.15, 0.2) is 17.4 Å². The van der Waals surface area contributed by atoms with Gasteiger partial charge in [0.25, 0.3) is 0 Å². The molecule has 0 aliphatic carbocycles. The lowest BCUT2D eigenvalue weighted by Crippen LogP contribution is -2.24. The lowest BCUT2D eigenvalue weighted by molar-refractivity contribution is -0.129. The van der Waals surface area contributed by atoms with Crippen molar-refractivity contribution in [3.8, 4) is 0 Å². The molecule has 2 rings (SSSR count). The van der Waals surface area contributed by atoms with Crippen LogP contribution in [-0.4, -0.2) is 33.0 Å². The minimum Gasteiger partial charge on any atom is -0.273 e. The van der Waals surface area contributed by atoms with Crippen molar-refractivity contribution in [2.75, 3.05) is 6.54 Å². The van der Waals surface area contributed by atoms with Crippen LogP contribution in [0.5, 0.6) is 0 Å². The number of nitrogens with zero attached hydrogens (tertiary/aromatic N) is 4. The average Bonchev–Trinajstić information content (AvgIpc) is 2.73. The summed E-state index contributed by atoms with van der Waals surface area (Å²) < 4.78 is 1.74. The van der Waals surface area contributed by atoms with Crippen LogP contribution >= 0.6 is 0 Å². The Kier molecular flexibility index (Phi) is 2.77. The molecule has 0 N–H and O–H groups in total. The molecule has 1 aliphatic heterocycles. The summed E-state index contributed by atoms with van der Waals surface area (Å²) in [6.07, 6.45) is 2.10. The van der Waals surface area contributed by atoms with E-state index in [1.807, 2.05) is 13.1 Å². The van der Waals surface area contributed by atoms with Gasteiger partial charge >= 0.3 is 0 Å². The van der Waals surface area contributed by atoms with Crippen LogP contribution in [0, 0.1) is 5.92 Å². The van der Waals surface area contributed by atoms with E-state index < -0.39 is 0 Å². The molecule has 0 fully saturated rings. The Bertz CT molecular complexity index is 433. The minimum absolute atomic E-state index is 0.0740. The molecule has 0 saturated heterocycles. The summed E-state index contributed by atoms with van der Waals surface area (Å²) in [5.41, 5.74) is 1.73. The number of aromatic nitrogens is 2. The number of aryl methyl sites for hydroxylation is 1. The van der Waals surface area contributed by atoms with Gasteiger partial charge in [0, 0.05) is 19.8 Å². The third-order valence-electron chi connectivity index (χ3n) is 2.50. The maximum atomic E-state index is 11.7. The van der Waals surface area contributed by atoms with Gasteiger partial charge < -0.3 is 0 Å². The molecule has 0 unspecified atom stereocenters. The molecule has 5 nitrogen and oxygen atoms in total. The van der Waals surface area contributed by atoms with Crippen molar-refractivity contribution in [2.45, 2.75) is 20.3 Å². The SMILES string of the molecule is CC(C)CN1N=C(c2ccnn2C)CC1=O. The Balaban J connectivity index is 2.20. The van der Waals surface area contributed by atoms with Gasteiger partial charge in [-0.2, -0.15) is 10.2 Å². The fraction of sp³-hybridized carbons (Fsp3) is 0.545. The van der Waals surface area contributed by atoms with E-state index in [0.29, 0.717) is 18.9 Å². The van der Waals surface area contributed by atoms with E-state index in [9.17, 15) is 4.79 Å². The van der Waals surface area contributed by atoms with Crippen molar-refractivity contribution >= 4 is 11.6 Å². The highest BCUT2D eigenvalue weighted by molar-refractivity contribution is 6.12. The van der Waals surface area contributed by atoms with Crippen LogP contribution in [0.4, 0.5) is 0 Å². The third kappa shape index (κ3) is 1.98. The van der Waals surface area contributed by atoms with Gasteiger partial charge in [0.1, 0.15) is 0 Å². The zero-order valence-electron chi connectivity index (χ0n) is 9.84. The smallest absolute Gasteiger partial charge is 0.248 e. The van der Waals surface area contributed by atoms with Gasteiger partial charge in [0.15, 0.2) is 0 Å². The van der Waals surface area contributed by atoms with E-state index in [4.69, 9.17) is 0 Å². The number of hydrogen-bond donors (Lipinski definition) is 0. The van der Waals surface area contributed by atoms with Gasteiger partial charge in [0.05, 0.1) is 17.8 Å². The maximum Gasteiger partial charge on any atom is 0.248 e. The fourth-order valence-corrected chi connectivity index (χ4v) is 1.76. The molecule has 2 heterocycles. The number of carbonyl (C=O) groups excluding carboxylic acids is 1. The highest BCUT2D eigenvalue weighted by Gasteiger charge is 2.26. The number of carbonyl (C=O) groups is 1. The lowest BCUT2D eigenvalue weighted by atomic mass is 10.2. The number of hydrogen-bond acceptors (Lipinski definition) is 3. The molecule has 0 bridgehead atoms. The highest BCUT2D eigenvalue weighted by Crippen LogP contribution is 2.15. The summed E-state index contributed by atoms with van der Waals surface area (Å²) in [4.78, 5) is 11.7. The van der Waals surface area contributed by atoms with E-state index in [2.05, 4.69) is 24.0 Å². The molecular formula is C11H16N4O. The first-order valence-electron chi connectivity index (χ1n) is 5.44. The summed E-state index contributed by atoms with van der Waals surface area (Å²) in [5, 5.41) is 9.99. The zero-order chi connectivity index (χ0) is 11.7. The predicted molar refractivity (Wildman–Crippen MR) is 60.9 cm³/mol. The van der Waals surface area contributed by atoms with Crippen LogP contribution in [0.3, 0.4) is 0 Å². The van der Waals surface area contributed by atoms with Crippen molar-refractivity contribution in [1.29, 1.82) is 0 Å². The lowest BCUT2D eigenvalue weighted by Gasteiger charge is -2.13. The molecule has 0 aromatic carbocycles. The summed E-state index contributed by atoms with van der Waals surface area (Å²) in [6, 6.07) is 1.88. The molecule has 1 aliphatic rings. The van der Waals surface area contributed by atoms with Crippen molar-refractivity contribution in [3.63, 3.8) is 0 Å². The second kappa shape index (κ2) is 4.08. The summed E-state index contributed by atoms with van der Waals surface area (Å²) in [5.74, 6) is 0.503. The Morgan fingerprint density at radius 1 is 1.50 bits per heavy atom. The fourth-order valence-electron chi connectivity index (χ4n) is 1.76. The Morgan fingerprint density at radius 2 is 2.25 bits per heavy atom. The van der Waals surface area contributed by atoms with Crippen LogP contribution in [0.1, 0.15) is 26.0 Å². The molecule has 1 aromatic heterocycles. The van der Waals surface area contributed by atoms with Crippen LogP contribution in [0.2, 0.25) is 0 Å². The van der Waals surface area contributed by atoms with E-state index in [1.54, 1.807) is 15.9 Å². The first-order valence-corrected chi connectivity index (χ1v) is 5.44. The van der Waals surface area contributed by atoms with Gasteiger partial charge in [-0.15, -0.1) is 0 Å². The van der Waals surface area contributed by atoms with Crippen LogP contribution < -0.4 is 0 Å². The second-order valence-corrected chi connectivity index (χ2v) is 4.43. The van der Waals surface area contributed by atoms with Crippen molar-refractivity contribution in [3.05, 3.63) is 18.0 Å². The average molecular weight is 220 g/mol.